The summed E-state index contributed by atoms with van der Waals surface area (Å²) in [5, 5.41) is 2.92. The molecule has 1 aromatic carbocycles. The van der Waals surface area contributed by atoms with Gasteiger partial charge in [-0.1, -0.05) is 6.07 Å². The first kappa shape index (κ1) is 16.6. The number of carbonyl (C=O) groups excluding carboxylic acids is 1. The fourth-order valence-corrected chi connectivity index (χ4v) is 2.01. The predicted molar refractivity (Wildman–Crippen MR) is 79.5 cm³/mol. The standard InChI is InChI=1S/C14H20N2O3.ClH/c1-9(15)7-14(17)16-10(2)11-3-4-12-13(8-11)19-6-5-18-12;/h3-4,8-10H,5-7,15H2,1-2H3,(H,16,17);1H. The Balaban J connectivity index is 0.00000200. The van der Waals surface area contributed by atoms with Gasteiger partial charge in [-0.2, -0.15) is 0 Å². The molecular weight excluding hydrogens is 280 g/mol. The molecule has 0 radical (unpaired) electrons. The molecular formula is C14H21ClN2O3. The van der Waals surface area contributed by atoms with Crippen LogP contribution in [0.1, 0.15) is 31.9 Å². The first-order valence-corrected chi connectivity index (χ1v) is 6.50. The average Bonchev–Trinajstić information content (AvgIpc) is 2.37. The summed E-state index contributed by atoms with van der Waals surface area (Å²) in [4.78, 5) is 11.7. The second-order valence-electron chi connectivity index (χ2n) is 4.87. The number of hydrogen-bond acceptors (Lipinski definition) is 4. The van der Waals surface area contributed by atoms with Crippen molar-refractivity contribution in [1.29, 1.82) is 0 Å². The Morgan fingerprint density at radius 2 is 1.95 bits per heavy atom. The molecule has 0 aromatic heterocycles. The Kier molecular flexibility index (Phi) is 6.10. The van der Waals surface area contributed by atoms with E-state index >= 15 is 0 Å². The molecule has 0 saturated heterocycles. The fourth-order valence-electron chi connectivity index (χ4n) is 2.01. The van der Waals surface area contributed by atoms with Crippen molar-refractivity contribution in [3.05, 3.63) is 23.8 Å². The van der Waals surface area contributed by atoms with E-state index < -0.39 is 0 Å². The molecule has 0 saturated carbocycles. The predicted octanol–water partition coefficient (Wildman–Crippen LogP) is 1.79. The maximum atomic E-state index is 11.7. The Bertz CT molecular complexity index is 466. The first-order chi connectivity index (χ1) is 9.06. The lowest BCUT2D eigenvalue weighted by Crippen LogP contribution is -2.31. The zero-order valence-electron chi connectivity index (χ0n) is 11.7. The minimum absolute atomic E-state index is 0. The Labute approximate surface area is 125 Å². The highest BCUT2D eigenvalue weighted by Gasteiger charge is 2.16. The summed E-state index contributed by atoms with van der Waals surface area (Å²) in [6, 6.07) is 5.50. The van der Waals surface area contributed by atoms with Crippen molar-refractivity contribution in [1.82, 2.24) is 5.32 Å². The zero-order chi connectivity index (χ0) is 13.8. The third-order valence-corrected chi connectivity index (χ3v) is 2.95. The van der Waals surface area contributed by atoms with Crippen LogP contribution in [-0.2, 0) is 4.79 Å². The Hall–Kier alpha value is -1.46. The molecule has 1 aliphatic heterocycles. The molecule has 6 heteroatoms. The number of amides is 1. The van der Waals surface area contributed by atoms with Gasteiger partial charge in [-0.05, 0) is 31.5 Å². The van der Waals surface area contributed by atoms with Crippen molar-refractivity contribution in [2.45, 2.75) is 32.4 Å². The summed E-state index contributed by atoms with van der Waals surface area (Å²) < 4.78 is 11.0. The molecule has 112 valence electrons. The highest BCUT2D eigenvalue weighted by atomic mass is 35.5. The molecule has 3 N–H and O–H groups in total. The molecule has 20 heavy (non-hydrogen) atoms. The van der Waals surface area contributed by atoms with Gasteiger partial charge in [0.2, 0.25) is 5.91 Å². The summed E-state index contributed by atoms with van der Waals surface area (Å²) in [5.41, 5.74) is 6.59. The van der Waals surface area contributed by atoms with E-state index in [4.69, 9.17) is 15.2 Å². The van der Waals surface area contributed by atoms with E-state index in [2.05, 4.69) is 5.32 Å². The van der Waals surface area contributed by atoms with E-state index in [1.54, 1.807) is 0 Å². The van der Waals surface area contributed by atoms with Gasteiger partial charge in [0.25, 0.3) is 0 Å². The number of ether oxygens (including phenoxy) is 2. The largest absolute Gasteiger partial charge is 0.486 e. The molecule has 0 spiro atoms. The third kappa shape index (κ3) is 4.28. The van der Waals surface area contributed by atoms with Crippen LogP contribution in [0.25, 0.3) is 0 Å². The number of rotatable bonds is 4. The van der Waals surface area contributed by atoms with Crippen molar-refractivity contribution in [2.75, 3.05) is 13.2 Å². The lowest BCUT2D eigenvalue weighted by atomic mass is 10.1. The topological polar surface area (TPSA) is 73.6 Å². The molecule has 2 rings (SSSR count). The summed E-state index contributed by atoms with van der Waals surface area (Å²) in [6.45, 7) is 4.88. The molecule has 2 atom stereocenters. The average molecular weight is 301 g/mol. The fraction of sp³-hybridized carbons (Fsp3) is 0.500. The van der Waals surface area contributed by atoms with Crippen LogP contribution in [0.3, 0.4) is 0 Å². The van der Waals surface area contributed by atoms with Crippen LogP contribution in [0.5, 0.6) is 11.5 Å². The monoisotopic (exact) mass is 300 g/mol. The van der Waals surface area contributed by atoms with Crippen LogP contribution in [-0.4, -0.2) is 25.2 Å². The van der Waals surface area contributed by atoms with Crippen LogP contribution >= 0.6 is 12.4 Å². The van der Waals surface area contributed by atoms with Gasteiger partial charge in [0, 0.05) is 12.5 Å². The molecule has 0 fully saturated rings. The van der Waals surface area contributed by atoms with Crippen LogP contribution < -0.4 is 20.5 Å². The first-order valence-electron chi connectivity index (χ1n) is 6.50. The number of nitrogens with two attached hydrogens (primary N) is 1. The lowest BCUT2D eigenvalue weighted by Gasteiger charge is -2.21. The van der Waals surface area contributed by atoms with Gasteiger partial charge in [-0.3, -0.25) is 4.79 Å². The summed E-state index contributed by atoms with van der Waals surface area (Å²) in [5.74, 6) is 1.44. The maximum absolute atomic E-state index is 11.7. The van der Waals surface area contributed by atoms with E-state index in [1.165, 1.54) is 0 Å². The maximum Gasteiger partial charge on any atom is 0.222 e. The molecule has 1 aliphatic rings. The Morgan fingerprint density at radius 1 is 1.30 bits per heavy atom. The normalized spacial score (nSPS) is 15.8. The van der Waals surface area contributed by atoms with E-state index in [-0.39, 0.29) is 30.4 Å². The van der Waals surface area contributed by atoms with E-state index in [0.29, 0.717) is 19.6 Å². The van der Waals surface area contributed by atoms with E-state index in [9.17, 15) is 4.79 Å². The van der Waals surface area contributed by atoms with Crippen molar-refractivity contribution in [3.8, 4) is 11.5 Å². The number of carbonyl (C=O) groups is 1. The molecule has 1 heterocycles. The van der Waals surface area contributed by atoms with Gasteiger partial charge in [0.05, 0.1) is 6.04 Å². The molecule has 0 bridgehead atoms. The second-order valence-corrected chi connectivity index (χ2v) is 4.87. The van der Waals surface area contributed by atoms with Gasteiger partial charge in [-0.15, -0.1) is 12.4 Å². The zero-order valence-corrected chi connectivity index (χ0v) is 12.5. The molecule has 2 unspecified atom stereocenters. The summed E-state index contributed by atoms with van der Waals surface area (Å²) in [7, 11) is 0. The lowest BCUT2D eigenvalue weighted by molar-refractivity contribution is -0.122. The molecule has 0 aliphatic carbocycles. The highest BCUT2D eigenvalue weighted by molar-refractivity contribution is 5.85. The second kappa shape index (κ2) is 7.36. The molecule has 1 amide bonds. The quantitative estimate of drug-likeness (QED) is 0.889. The number of nitrogens with one attached hydrogen (secondary N) is 1. The van der Waals surface area contributed by atoms with Crippen LogP contribution in [0.15, 0.2) is 18.2 Å². The minimum Gasteiger partial charge on any atom is -0.486 e. The summed E-state index contributed by atoms with van der Waals surface area (Å²) >= 11 is 0. The van der Waals surface area contributed by atoms with Gasteiger partial charge < -0.3 is 20.5 Å². The van der Waals surface area contributed by atoms with Crippen molar-refractivity contribution in [2.24, 2.45) is 5.73 Å². The molecule has 5 nitrogen and oxygen atoms in total. The van der Waals surface area contributed by atoms with Crippen LogP contribution in [0, 0.1) is 0 Å². The Morgan fingerprint density at radius 3 is 2.60 bits per heavy atom. The van der Waals surface area contributed by atoms with Gasteiger partial charge in [-0.25, -0.2) is 0 Å². The summed E-state index contributed by atoms with van der Waals surface area (Å²) in [6.07, 6.45) is 0.328. The van der Waals surface area contributed by atoms with Gasteiger partial charge in [0.1, 0.15) is 13.2 Å². The smallest absolute Gasteiger partial charge is 0.222 e. The SMILES string of the molecule is CC(N)CC(=O)NC(C)c1ccc2c(c1)OCCO2.Cl. The van der Waals surface area contributed by atoms with Crippen LogP contribution in [0.4, 0.5) is 0 Å². The van der Waals surface area contributed by atoms with Gasteiger partial charge in [0.15, 0.2) is 11.5 Å². The highest BCUT2D eigenvalue weighted by Crippen LogP contribution is 2.32. The number of fused-ring (bicyclic) bond motifs is 1. The van der Waals surface area contributed by atoms with Crippen molar-refractivity contribution in [3.63, 3.8) is 0 Å². The number of benzene rings is 1. The van der Waals surface area contributed by atoms with Crippen molar-refractivity contribution >= 4 is 18.3 Å². The van der Waals surface area contributed by atoms with E-state index in [0.717, 1.165) is 17.1 Å². The van der Waals surface area contributed by atoms with Crippen molar-refractivity contribution < 1.29 is 14.3 Å². The van der Waals surface area contributed by atoms with Gasteiger partial charge >= 0.3 is 0 Å². The third-order valence-electron chi connectivity index (χ3n) is 2.95. The van der Waals surface area contributed by atoms with E-state index in [1.807, 2.05) is 32.0 Å². The minimum atomic E-state index is -0.132. The molecule has 1 aromatic rings. The van der Waals surface area contributed by atoms with Crippen LogP contribution in [0.2, 0.25) is 0 Å². The number of halogens is 1. The number of hydrogen-bond donors (Lipinski definition) is 2.